The number of carbonyl (C=O) groups excluding carboxylic acids is 2. The Morgan fingerprint density at radius 3 is 2.58 bits per heavy atom. The first-order valence-corrected chi connectivity index (χ1v) is 7.88. The van der Waals surface area contributed by atoms with Crippen LogP contribution in [0.2, 0.25) is 0 Å². The Kier molecular flexibility index (Phi) is 4.11. The molecule has 1 fully saturated rings. The van der Waals surface area contributed by atoms with Crippen molar-refractivity contribution in [2.45, 2.75) is 13.3 Å². The van der Waals surface area contributed by atoms with E-state index in [2.05, 4.69) is 12.0 Å². The van der Waals surface area contributed by atoms with Gasteiger partial charge in [-0.3, -0.25) is 9.59 Å². The summed E-state index contributed by atoms with van der Waals surface area (Å²) in [5.41, 5.74) is 12.3. The molecular formula is C17H21N5O2. The van der Waals surface area contributed by atoms with Crippen LogP contribution in [0.4, 0.5) is 0 Å². The molecule has 0 bridgehead atoms. The Bertz CT molecular complexity index is 771. The first-order valence-electron chi connectivity index (χ1n) is 7.88. The summed E-state index contributed by atoms with van der Waals surface area (Å²) >= 11 is 0. The molecule has 7 nitrogen and oxygen atoms in total. The molecule has 1 aliphatic rings. The SMILES string of the molecule is CC1(CN)CCN(C(=O)c2cc(C(N)=O)n(-c3ccccc3)n2)C1. The third kappa shape index (κ3) is 2.90. The molecule has 4 N–H and O–H groups in total. The number of primary amides is 1. The molecule has 2 amide bonds. The smallest absolute Gasteiger partial charge is 0.274 e. The number of rotatable bonds is 4. The average molecular weight is 327 g/mol. The van der Waals surface area contributed by atoms with Crippen LogP contribution >= 0.6 is 0 Å². The zero-order valence-electron chi connectivity index (χ0n) is 13.6. The third-order valence-corrected chi connectivity index (χ3v) is 4.52. The summed E-state index contributed by atoms with van der Waals surface area (Å²) in [4.78, 5) is 26.2. The zero-order valence-corrected chi connectivity index (χ0v) is 13.6. The highest BCUT2D eigenvalue weighted by molar-refractivity contribution is 5.97. The quantitative estimate of drug-likeness (QED) is 0.865. The van der Waals surface area contributed by atoms with Gasteiger partial charge in [0.05, 0.1) is 5.69 Å². The fraction of sp³-hybridized carbons (Fsp3) is 0.353. The lowest BCUT2D eigenvalue weighted by Gasteiger charge is -2.22. The molecule has 24 heavy (non-hydrogen) atoms. The number of nitrogens with two attached hydrogens (primary N) is 2. The van der Waals surface area contributed by atoms with Crippen LogP contribution in [-0.4, -0.2) is 46.1 Å². The van der Waals surface area contributed by atoms with E-state index in [9.17, 15) is 9.59 Å². The van der Waals surface area contributed by atoms with Gasteiger partial charge in [-0.2, -0.15) is 5.10 Å². The Morgan fingerprint density at radius 2 is 2.00 bits per heavy atom. The van der Waals surface area contributed by atoms with E-state index in [0.717, 1.165) is 6.42 Å². The lowest BCUT2D eigenvalue weighted by Crippen LogP contribution is -2.34. The molecular weight excluding hydrogens is 306 g/mol. The molecule has 1 atom stereocenters. The Labute approximate surface area is 140 Å². The second-order valence-corrected chi connectivity index (χ2v) is 6.52. The zero-order chi connectivity index (χ0) is 17.3. The summed E-state index contributed by atoms with van der Waals surface area (Å²) in [5.74, 6) is -0.831. The molecule has 1 unspecified atom stereocenters. The molecule has 3 rings (SSSR count). The number of amides is 2. The summed E-state index contributed by atoms with van der Waals surface area (Å²) in [6.07, 6.45) is 0.858. The average Bonchev–Trinajstić information content (AvgIpc) is 3.20. The van der Waals surface area contributed by atoms with Crippen molar-refractivity contribution in [2.24, 2.45) is 16.9 Å². The maximum atomic E-state index is 12.7. The van der Waals surface area contributed by atoms with Crippen LogP contribution < -0.4 is 11.5 Å². The first-order chi connectivity index (χ1) is 11.4. The van der Waals surface area contributed by atoms with Gasteiger partial charge in [0.25, 0.3) is 11.8 Å². The molecule has 0 spiro atoms. The number of aromatic nitrogens is 2. The van der Waals surface area contributed by atoms with Gasteiger partial charge in [0, 0.05) is 19.2 Å². The fourth-order valence-electron chi connectivity index (χ4n) is 2.95. The highest BCUT2D eigenvalue weighted by Crippen LogP contribution is 2.29. The van der Waals surface area contributed by atoms with E-state index < -0.39 is 5.91 Å². The predicted molar refractivity (Wildman–Crippen MR) is 89.8 cm³/mol. The minimum Gasteiger partial charge on any atom is -0.364 e. The predicted octanol–water partition coefficient (Wildman–Crippen LogP) is 0.782. The van der Waals surface area contributed by atoms with Gasteiger partial charge in [-0.05, 0) is 30.5 Å². The van der Waals surface area contributed by atoms with Crippen molar-refractivity contribution in [1.82, 2.24) is 14.7 Å². The van der Waals surface area contributed by atoms with Gasteiger partial charge >= 0.3 is 0 Å². The van der Waals surface area contributed by atoms with Crippen LogP contribution in [0.25, 0.3) is 5.69 Å². The van der Waals surface area contributed by atoms with Crippen molar-refractivity contribution < 1.29 is 9.59 Å². The minimum absolute atomic E-state index is 0.0653. The van der Waals surface area contributed by atoms with Crippen LogP contribution in [0.5, 0.6) is 0 Å². The van der Waals surface area contributed by atoms with E-state index in [0.29, 0.717) is 25.3 Å². The summed E-state index contributed by atoms with van der Waals surface area (Å²) in [7, 11) is 0. The summed E-state index contributed by atoms with van der Waals surface area (Å²) in [5, 5.41) is 4.31. The van der Waals surface area contributed by atoms with Crippen molar-refractivity contribution in [3.63, 3.8) is 0 Å². The monoisotopic (exact) mass is 327 g/mol. The number of nitrogens with zero attached hydrogens (tertiary/aromatic N) is 3. The van der Waals surface area contributed by atoms with Gasteiger partial charge in [0.15, 0.2) is 5.69 Å². The van der Waals surface area contributed by atoms with Crippen LogP contribution in [0.1, 0.15) is 34.3 Å². The Morgan fingerprint density at radius 1 is 1.29 bits per heavy atom. The van der Waals surface area contributed by atoms with Gasteiger partial charge in [-0.15, -0.1) is 0 Å². The van der Waals surface area contributed by atoms with Gasteiger partial charge in [-0.1, -0.05) is 25.1 Å². The van der Waals surface area contributed by atoms with Crippen molar-refractivity contribution in [3.05, 3.63) is 47.8 Å². The van der Waals surface area contributed by atoms with Crippen molar-refractivity contribution in [3.8, 4) is 5.69 Å². The van der Waals surface area contributed by atoms with Crippen LogP contribution in [0.3, 0.4) is 0 Å². The summed E-state index contributed by atoms with van der Waals surface area (Å²) < 4.78 is 1.41. The van der Waals surface area contributed by atoms with Gasteiger partial charge in [0.1, 0.15) is 5.69 Å². The normalized spacial score (nSPS) is 20.3. The number of para-hydroxylation sites is 1. The summed E-state index contributed by atoms with van der Waals surface area (Å²) in [6, 6.07) is 10.6. The van der Waals surface area contributed by atoms with E-state index >= 15 is 0 Å². The molecule has 1 saturated heterocycles. The molecule has 0 aliphatic carbocycles. The van der Waals surface area contributed by atoms with Gasteiger partial charge in [0.2, 0.25) is 0 Å². The molecule has 1 aliphatic heterocycles. The topological polar surface area (TPSA) is 107 Å². The van der Waals surface area contributed by atoms with E-state index in [1.165, 1.54) is 10.7 Å². The molecule has 7 heteroatoms. The maximum Gasteiger partial charge on any atom is 0.274 e. The van der Waals surface area contributed by atoms with Crippen molar-refractivity contribution in [1.29, 1.82) is 0 Å². The Hall–Kier alpha value is -2.67. The van der Waals surface area contributed by atoms with E-state index in [1.807, 2.05) is 18.2 Å². The first kappa shape index (κ1) is 16.2. The number of benzene rings is 1. The molecule has 126 valence electrons. The van der Waals surface area contributed by atoms with Crippen LogP contribution in [0, 0.1) is 5.41 Å². The number of hydrogen-bond donors (Lipinski definition) is 2. The van der Waals surface area contributed by atoms with Crippen LogP contribution in [0.15, 0.2) is 36.4 Å². The maximum absolute atomic E-state index is 12.7. The third-order valence-electron chi connectivity index (χ3n) is 4.52. The number of hydrogen-bond acceptors (Lipinski definition) is 4. The Balaban J connectivity index is 1.92. The molecule has 1 aromatic carbocycles. The number of carbonyl (C=O) groups is 2. The fourth-order valence-corrected chi connectivity index (χ4v) is 2.95. The molecule has 2 heterocycles. The minimum atomic E-state index is -0.626. The summed E-state index contributed by atoms with van der Waals surface area (Å²) in [6.45, 7) is 3.82. The number of likely N-dealkylation sites (tertiary alicyclic amines) is 1. The molecule has 2 aromatic rings. The van der Waals surface area contributed by atoms with E-state index in [1.54, 1.807) is 17.0 Å². The standard InChI is InChI=1S/C17H21N5O2/c1-17(10-18)7-8-21(11-17)16(24)13-9-14(15(19)23)22(20-13)12-5-3-2-4-6-12/h2-6,9H,7-8,10-11,18H2,1H3,(H2,19,23). The highest BCUT2D eigenvalue weighted by atomic mass is 16.2. The van der Waals surface area contributed by atoms with Gasteiger partial charge in [-0.25, -0.2) is 4.68 Å². The van der Waals surface area contributed by atoms with Crippen molar-refractivity contribution >= 4 is 11.8 Å². The van der Waals surface area contributed by atoms with E-state index in [-0.39, 0.29) is 22.7 Å². The van der Waals surface area contributed by atoms with Crippen molar-refractivity contribution in [2.75, 3.05) is 19.6 Å². The molecule has 0 saturated carbocycles. The van der Waals surface area contributed by atoms with Crippen LogP contribution in [-0.2, 0) is 0 Å². The second kappa shape index (κ2) is 6.09. The highest BCUT2D eigenvalue weighted by Gasteiger charge is 2.36. The van der Waals surface area contributed by atoms with Gasteiger partial charge < -0.3 is 16.4 Å². The lowest BCUT2D eigenvalue weighted by molar-refractivity contribution is 0.0770. The molecule has 0 radical (unpaired) electrons. The van der Waals surface area contributed by atoms with E-state index in [4.69, 9.17) is 11.5 Å². The second-order valence-electron chi connectivity index (χ2n) is 6.52. The molecule has 1 aromatic heterocycles. The lowest BCUT2D eigenvalue weighted by atomic mass is 9.90. The largest absolute Gasteiger partial charge is 0.364 e.